The van der Waals surface area contributed by atoms with E-state index in [9.17, 15) is 9.59 Å². The van der Waals surface area contributed by atoms with Crippen LogP contribution in [0, 0.1) is 0 Å². The number of piperazine rings is 1. The molecule has 3 N–H and O–H groups in total. The third-order valence-corrected chi connectivity index (χ3v) is 8.21. The molecule has 0 spiro atoms. The Balaban J connectivity index is 1.56. The summed E-state index contributed by atoms with van der Waals surface area (Å²) in [7, 11) is 0. The second kappa shape index (κ2) is 10.8. The molecule has 0 saturated carbocycles. The van der Waals surface area contributed by atoms with Crippen LogP contribution in [0.3, 0.4) is 0 Å². The number of pyridine rings is 1. The Morgan fingerprint density at radius 2 is 1.92 bits per heavy atom. The van der Waals surface area contributed by atoms with Gasteiger partial charge in [0.25, 0.3) is 5.56 Å². The van der Waals surface area contributed by atoms with Gasteiger partial charge in [-0.15, -0.1) is 0 Å². The molecule has 3 aliphatic rings. The van der Waals surface area contributed by atoms with E-state index in [2.05, 4.69) is 56.7 Å². The molecule has 3 aliphatic heterocycles. The molecule has 4 heterocycles. The lowest BCUT2D eigenvalue weighted by atomic mass is 9.90. The summed E-state index contributed by atoms with van der Waals surface area (Å²) in [5.41, 5.74) is 1.71. The molecule has 4 rings (SSSR count). The van der Waals surface area contributed by atoms with Crippen molar-refractivity contribution in [3.05, 3.63) is 27.7 Å². The van der Waals surface area contributed by atoms with Gasteiger partial charge in [0.1, 0.15) is 0 Å². The number of nitrogen functional groups attached to an aromatic ring is 1. The maximum atomic E-state index is 13.9. The van der Waals surface area contributed by atoms with Gasteiger partial charge in [-0.2, -0.15) is 0 Å². The van der Waals surface area contributed by atoms with E-state index in [-0.39, 0.29) is 17.5 Å². The Labute approximate surface area is 215 Å². The Hall–Kier alpha value is -1.94. The summed E-state index contributed by atoms with van der Waals surface area (Å²) < 4.78 is 7.02. The number of nitrogens with two attached hydrogens (primary N) is 1. The van der Waals surface area contributed by atoms with E-state index in [0.717, 1.165) is 57.1 Å². The zero-order chi connectivity index (χ0) is 26.2. The van der Waals surface area contributed by atoms with Crippen LogP contribution in [-0.4, -0.2) is 90.5 Å². The fourth-order valence-electron chi connectivity index (χ4n) is 6.18. The van der Waals surface area contributed by atoms with Crippen molar-refractivity contribution >= 4 is 11.6 Å². The number of hydrogen-bond donors (Lipinski definition) is 2. The monoisotopic (exact) mass is 502 g/mol. The van der Waals surface area contributed by atoms with Gasteiger partial charge in [-0.3, -0.25) is 19.4 Å². The van der Waals surface area contributed by atoms with E-state index >= 15 is 0 Å². The first-order valence-electron chi connectivity index (χ1n) is 13.7. The molecule has 1 aromatic heterocycles. The Morgan fingerprint density at radius 3 is 2.58 bits per heavy atom. The molecule has 202 valence electrons. The number of anilines is 1. The number of aryl methyl sites for hydroxylation is 1. The van der Waals surface area contributed by atoms with Gasteiger partial charge in [0, 0.05) is 61.3 Å². The standard InChI is InChI=1S/C27H46N6O3/c1-7-8-9-21-10-23-25(33(28)26(21)35)27(5,6)17-32(23)24(34)14-30-12-18(2)29-11-22(30)13-31-19(3)15-36-16-20(31)4/h10,18-20,22,29H,7-9,11-17,28H2,1-6H3/t18-,19-,20-,22-/m1/s1. The molecule has 0 unspecified atom stereocenters. The second-order valence-electron chi connectivity index (χ2n) is 11.9. The van der Waals surface area contributed by atoms with Crippen molar-refractivity contribution < 1.29 is 9.53 Å². The average molecular weight is 503 g/mol. The van der Waals surface area contributed by atoms with Gasteiger partial charge in [0.05, 0.1) is 31.1 Å². The first kappa shape index (κ1) is 27.1. The zero-order valence-corrected chi connectivity index (χ0v) is 23.0. The molecular weight excluding hydrogens is 456 g/mol. The third kappa shape index (κ3) is 5.35. The van der Waals surface area contributed by atoms with E-state index in [1.807, 2.05) is 11.0 Å². The van der Waals surface area contributed by atoms with E-state index in [1.54, 1.807) is 0 Å². The number of ether oxygens (including phenoxy) is 1. The van der Waals surface area contributed by atoms with Crippen molar-refractivity contribution in [1.82, 2.24) is 19.8 Å². The average Bonchev–Trinajstić information content (AvgIpc) is 3.09. The van der Waals surface area contributed by atoms with Crippen molar-refractivity contribution in [1.29, 1.82) is 0 Å². The summed E-state index contributed by atoms with van der Waals surface area (Å²) in [4.78, 5) is 33.5. The highest BCUT2D eigenvalue weighted by Gasteiger charge is 2.42. The predicted molar refractivity (Wildman–Crippen MR) is 144 cm³/mol. The fraction of sp³-hybridized carbons (Fsp3) is 0.778. The number of carbonyl (C=O) groups is 1. The first-order chi connectivity index (χ1) is 17.0. The molecule has 9 heteroatoms. The molecule has 36 heavy (non-hydrogen) atoms. The summed E-state index contributed by atoms with van der Waals surface area (Å²) in [5, 5.41) is 3.61. The van der Waals surface area contributed by atoms with Crippen LogP contribution in [0.4, 0.5) is 5.69 Å². The second-order valence-corrected chi connectivity index (χ2v) is 11.9. The van der Waals surface area contributed by atoms with Crippen molar-refractivity contribution in [3.8, 4) is 0 Å². The largest absolute Gasteiger partial charge is 0.378 e. The summed E-state index contributed by atoms with van der Waals surface area (Å²) in [6.07, 6.45) is 2.60. The van der Waals surface area contributed by atoms with Crippen LogP contribution < -0.4 is 21.6 Å². The number of amides is 1. The third-order valence-electron chi connectivity index (χ3n) is 8.21. The van der Waals surface area contributed by atoms with E-state index < -0.39 is 5.41 Å². The minimum Gasteiger partial charge on any atom is -0.378 e. The van der Waals surface area contributed by atoms with Crippen LogP contribution in [-0.2, 0) is 21.4 Å². The fourth-order valence-corrected chi connectivity index (χ4v) is 6.18. The maximum absolute atomic E-state index is 13.9. The van der Waals surface area contributed by atoms with Crippen LogP contribution in [0.2, 0.25) is 0 Å². The maximum Gasteiger partial charge on any atom is 0.272 e. The normalized spacial score (nSPS) is 28.9. The number of aromatic nitrogens is 1. The molecule has 2 saturated heterocycles. The lowest BCUT2D eigenvalue weighted by Crippen LogP contribution is -2.63. The van der Waals surface area contributed by atoms with Gasteiger partial charge in [-0.1, -0.05) is 27.2 Å². The highest BCUT2D eigenvalue weighted by molar-refractivity contribution is 5.97. The van der Waals surface area contributed by atoms with Gasteiger partial charge >= 0.3 is 0 Å². The molecule has 1 amide bonds. The smallest absolute Gasteiger partial charge is 0.272 e. The van der Waals surface area contributed by atoms with Crippen molar-refractivity contribution in [2.45, 2.75) is 90.4 Å². The number of nitrogens with one attached hydrogen (secondary N) is 1. The molecular formula is C27H46N6O3. The number of unbranched alkanes of at least 4 members (excludes halogenated alkanes) is 1. The summed E-state index contributed by atoms with van der Waals surface area (Å²) >= 11 is 0. The Morgan fingerprint density at radius 1 is 1.22 bits per heavy atom. The van der Waals surface area contributed by atoms with Gasteiger partial charge in [-0.05, 0) is 39.7 Å². The quantitative estimate of drug-likeness (QED) is 0.543. The predicted octanol–water partition coefficient (Wildman–Crippen LogP) is 1.30. The van der Waals surface area contributed by atoms with Gasteiger partial charge in [0.15, 0.2) is 0 Å². The summed E-state index contributed by atoms with van der Waals surface area (Å²) in [6, 6.07) is 3.22. The Bertz CT molecular complexity index is 998. The lowest BCUT2D eigenvalue weighted by Gasteiger charge is -2.46. The highest BCUT2D eigenvalue weighted by Crippen LogP contribution is 2.39. The van der Waals surface area contributed by atoms with Crippen molar-refractivity contribution in [2.24, 2.45) is 0 Å². The van der Waals surface area contributed by atoms with Crippen LogP contribution in [0.25, 0.3) is 0 Å². The Kier molecular flexibility index (Phi) is 8.14. The topological polar surface area (TPSA) is 96.1 Å². The minimum atomic E-state index is -0.392. The van der Waals surface area contributed by atoms with Crippen molar-refractivity contribution in [2.75, 3.05) is 56.7 Å². The lowest BCUT2D eigenvalue weighted by molar-refractivity contribution is -0.121. The SMILES string of the molecule is CCCCc1cc2c(n(N)c1=O)C(C)(C)CN2C(=O)CN1C[C@@H](C)NC[C@@H]1CN1[C@H](C)COC[C@H]1C. The molecule has 0 aromatic carbocycles. The summed E-state index contributed by atoms with van der Waals surface area (Å²) in [6.45, 7) is 17.8. The van der Waals surface area contributed by atoms with Crippen molar-refractivity contribution in [3.63, 3.8) is 0 Å². The van der Waals surface area contributed by atoms with Crippen LogP contribution in [0.15, 0.2) is 10.9 Å². The number of hydrogen-bond acceptors (Lipinski definition) is 7. The minimum absolute atomic E-state index is 0.0732. The van der Waals surface area contributed by atoms with E-state index in [0.29, 0.717) is 43.2 Å². The van der Waals surface area contributed by atoms with E-state index in [1.165, 1.54) is 4.68 Å². The summed E-state index contributed by atoms with van der Waals surface area (Å²) in [5.74, 6) is 6.40. The number of fused-ring (bicyclic) bond motifs is 1. The number of morpholine rings is 1. The molecule has 0 aliphatic carbocycles. The van der Waals surface area contributed by atoms with Gasteiger partial charge in [0.2, 0.25) is 5.91 Å². The van der Waals surface area contributed by atoms with Gasteiger partial charge < -0.3 is 20.8 Å². The number of carbonyl (C=O) groups excluding carboxylic acids is 1. The van der Waals surface area contributed by atoms with Crippen LogP contribution in [0.1, 0.15) is 65.6 Å². The molecule has 9 nitrogen and oxygen atoms in total. The highest BCUT2D eigenvalue weighted by atomic mass is 16.5. The molecule has 1 aromatic rings. The molecule has 0 bridgehead atoms. The first-order valence-corrected chi connectivity index (χ1v) is 13.7. The zero-order valence-electron chi connectivity index (χ0n) is 23.0. The van der Waals surface area contributed by atoms with Gasteiger partial charge in [-0.25, -0.2) is 4.68 Å². The van der Waals surface area contributed by atoms with Crippen LogP contribution in [0.5, 0.6) is 0 Å². The number of rotatable bonds is 7. The number of nitrogens with zero attached hydrogens (tertiary/aromatic N) is 4. The molecule has 0 radical (unpaired) electrons. The van der Waals surface area contributed by atoms with Crippen LogP contribution >= 0.6 is 0 Å². The molecule has 4 atom stereocenters. The molecule has 2 fully saturated rings. The van der Waals surface area contributed by atoms with E-state index in [4.69, 9.17) is 10.6 Å².